The summed E-state index contributed by atoms with van der Waals surface area (Å²) >= 11 is 11.5. The fourth-order valence-corrected chi connectivity index (χ4v) is 5.65. The molecule has 0 atom stereocenters. The van der Waals surface area contributed by atoms with Crippen LogP contribution in [0.2, 0.25) is 0 Å². The first-order chi connectivity index (χ1) is 26.1. The van der Waals surface area contributed by atoms with E-state index in [1.54, 1.807) is 39.8 Å². The largest absolute Gasteiger partial charge is 2.00 e. The van der Waals surface area contributed by atoms with Crippen molar-refractivity contribution in [2.75, 3.05) is 40.0 Å². The third-order valence-corrected chi connectivity index (χ3v) is 9.83. The minimum atomic E-state index is -0.721. The zero-order chi connectivity index (χ0) is 43.5. The molecule has 8 nitrogen and oxygen atoms in total. The normalized spacial score (nSPS) is 10.9. The van der Waals surface area contributed by atoms with Crippen LogP contribution < -0.4 is 17.0 Å². The number of carbonyl (C=O) groups excluding carboxylic acids is 3. The van der Waals surface area contributed by atoms with E-state index in [9.17, 15) is 19.5 Å². The van der Waals surface area contributed by atoms with Crippen LogP contribution in [0, 0.1) is 18.1 Å². The Morgan fingerprint density at radius 2 is 1.17 bits per heavy atom. The summed E-state index contributed by atoms with van der Waals surface area (Å²) in [5, 5.41) is 9.15. The van der Waals surface area contributed by atoms with Gasteiger partial charge in [0.1, 0.15) is 5.60 Å². The fraction of sp³-hybridized carbons (Fsp3) is 0.422. The molecular formula is C45H64BrClI3MgNO7. The second kappa shape index (κ2) is 37.9. The van der Waals surface area contributed by atoms with Crippen LogP contribution in [0.4, 0.5) is 0 Å². The maximum atomic E-state index is 11.5. The SMILES string of the molecule is C1CCOC1.C=C(C)C(=O)Cl.C=C(C)C(=O)OC(C)(C)c1cccc(I)c1.CC(C)(O)c1cccc(I)c1.CCN(CC)CC.COC(=O)c1cccc(I)c1.[Br-].[CH3-].[Mg+2]. The van der Waals surface area contributed by atoms with Gasteiger partial charge in [-0.25, -0.2) is 9.59 Å². The topological polar surface area (TPSA) is 102 Å². The van der Waals surface area contributed by atoms with Crippen molar-refractivity contribution in [3.8, 4) is 0 Å². The number of halogens is 5. The van der Waals surface area contributed by atoms with Crippen LogP contribution in [0.15, 0.2) is 97.1 Å². The van der Waals surface area contributed by atoms with Gasteiger partial charge in [0.2, 0.25) is 5.24 Å². The molecule has 14 heteroatoms. The molecule has 0 unspecified atom stereocenters. The number of hydrogen-bond acceptors (Lipinski definition) is 8. The van der Waals surface area contributed by atoms with E-state index in [4.69, 9.17) is 21.1 Å². The van der Waals surface area contributed by atoms with Gasteiger partial charge in [0.05, 0.1) is 18.3 Å². The number of hydrogen-bond donors (Lipinski definition) is 1. The predicted octanol–water partition coefficient (Wildman–Crippen LogP) is 8.79. The average molecular weight is 1250 g/mol. The Hall–Kier alpha value is -0.644. The summed E-state index contributed by atoms with van der Waals surface area (Å²) in [6.07, 6.45) is 2.56. The third kappa shape index (κ3) is 34.5. The molecule has 4 rings (SSSR count). The molecule has 59 heavy (non-hydrogen) atoms. The van der Waals surface area contributed by atoms with E-state index in [2.05, 4.69) is 111 Å². The zero-order valence-electron chi connectivity index (χ0n) is 36.7. The number of rotatable bonds is 9. The van der Waals surface area contributed by atoms with Crippen LogP contribution in [0.5, 0.6) is 0 Å². The van der Waals surface area contributed by atoms with E-state index in [1.165, 1.54) is 39.6 Å². The monoisotopic (exact) mass is 1250 g/mol. The first kappa shape index (κ1) is 67.4. The molecule has 1 aliphatic rings. The minimum absolute atomic E-state index is 0. The van der Waals surface area contributed by atoms with Gasteiger partial charge < -0.3 is 48.6 Å². The Morgan fingerprint density at radius 1 is 0.780 bits per heavy atom. The summed E-state index contributed by atoms with van der Waals surface area (Å²) < 4.78 is 18.2. The first-order valence-electron chi connectivity index (χ1n) is 18.2. The second-order valence-electron chi connectivity index (χ2n) is 13.3. The van der Waals surface area contributed by atoms with Gasteiger partial charge in [-0.05, 0) is 207 Å². The van der Waals surface area contributed by atoms with Gasteiger partial charge in [-0.15, -0.1) is 0 Å². The van der Waals surface area contributed by atoms with Gasteiger partial charge in [-0.3, -0.25) is 4.79 Å². The van der Waals surface area contributed by atoms with Crippen LogP contribution in [0.25, 0.3) is 0 Å². The smallest absolute Gasteiger partial charge is 1.00 e. The molecular weight excluding hydrogens is 1190 g/mol. The number of nitrogens with zero attached hydrogens (tertiary/aromatic N) is 1. The average Bonchev–Trinajstić information content (AvgIpc) is 3.73. The van der Waals surface area contributed by atoms with Crippen molar-refractivity contribution in [2.24, 2.45) is 0 Å². The van der Waals surface area contributed by atoms with Gasteiger partial charge >= 0.3 is 35.0 Å². The molecule has 0 bridgehead atoms. The van der Waals surface area contributed by atoms with Crippen molar-refractivity contribution < 1.29 is 50.7 Å². The molecule has 0 saturated carbocycles. The quantitative estimate of drug-likeness (QED) is 0.0567. The minimum Gasteiger partial charge on any atom is -1.00 e. The number of aliphatic hydroxyl groups is 1. The molecule has 328 valence electrons. The summed E-state index contributed by atoms with van der Waals surface area (Å²) in [4.78, 5) is 34.6. The molecule has 1 heterocycles. The molecule has 1 fully saturated rings. The van der Waals surface area contributed by atoms with Crippen molar-refractivity contribution >= 4 is 120 Å². The van der Waals surface area contributed by atoms with E-state index in [1.807, 2.05) is 74.5 Å². The van der Waals surface area contributed by atoms with Crippen LogP contribution in [0.1, 0.15) is 96.6 Å². The van der Waals surface area contributed by atoms with Crippen LogP contribution in [-0.4, -0.2) is 90.2 Å². The van der Waals surface area contributed by atoms with E-state index < -0.39 is 16.4 Å². The van der Waals surface area contributed by atoms with Gasteiger partial charge in [-0.2, -0.15) is 0 Å². The molecule has 0 radical (unpaired) electrons. The van der Waals surface area contributed by atoms with E-state index in [0.29, 0.717) is 16.7 Å². The number of carbonyl (C=O) groups is 3. The number of allylic oxidation sites excluding steroid dienone is 1. The Balaban J connectivity index is -0.000000204. The Bertz CT molecular complexity index is 1620. The van der Waals surface area contributed by atoms with Crippen molar-refractivity contribution in [3.63, 3.8) is 0 Å². The standard InChI is InChI=1S/C13H15IO2.C9H11IO.C8H7IO2.C6H15N.C4H5ClO.C4H8O.CH3.BrH.Mg/c1-9(2)12(15)16-13(3,4)10-6-5-7-11(14)8-10;1-9(2,11)7-4-3-5-8(10)6-7;1-11-8(10)6-3-2-4-7(9)5-6;1-4-7(5-2)6-3;1-3(2)4(5)6;1-2-4-5-3-1;;;/h5-8H,1H2,2-4H3;3-6,11H,1-2H3;2-5H,1H3;4-6H2,1-3H3;1H2,2H3;1-4H2;1H3;1H;/q;;;;;;-1;;+2/p-1. The van der Waals surface area contributed by atoms with Gasteiger partial charge in [0.25, 0.3) is 0 Å². The molecule has 1 saturated heterocycles. The Morgan fingerprint density at radius 3 is 1.44 bits per heavy atom. The fourth-order valence-electron chi connectivity index (χ4n) is 4.02. The van der Waals surface area contributed by atoms with Gasteiger partial charge in [0, 0.05) is 35.1 Å². The number of methoxy groups -OCH3 is 1. The third-order valence-electron chi connectivity index (χ3n) is 7.50. The summed E-state index contributed by atoms with van der Waals surface area (Å²) in [5.41, 5.74) is 1.99. The van der Waals surface area contributed by atoms with Crippen LogP contribution >= 0.6 is 79.4 Å². The summed E-state index contributed by atoms with van der Waals surface area (Å²) in [7, 11) is 1.38. The molecule has 0 amide bonds. The molecule has 3 aromatic rings. The maximum Gasteiger partial charge on any atom is 2.00 e. The number of ether oxygens (including phenoxy) is 3. The van der Waals surface area contributed by atoms with E-state index >= 15 is 0 Å². The summed E-state index contributed by atoms with van der Waals surface area (Å²) in [5.74, 6) is -0.646. The maximum absolute atomic E-state index is 11.5. The second-order valence-corrected chi connectivity index (χ2v) is 17.3. The van der Waals surface area contributed by atoms with Crippen LogP contribution in [0.3, 0.4) is 0 Å². The zero-order valence-corrected chi connectivity index (χ0v) is 47.0. The molecule has 0 spiro atoms. The summed E-state index contributed by atoms with van der Waals surface area (Å²) in [6.45, 7) is 29.5. The number of benzene rings is 3. The van der Waals surface area contributed by atoms with Crippen molar-refractivity contribution in [1.82, 2.24) is 4.90 Å². The molecule has 0 aromatic heterocycles. The van der Waals surface area contributed by atoms with Crippen molar-refractivity contribution in [3.05, 3.63) is 132 Å². The van der Waals surface area contributed by atoms with Crippen molar-refractivity contribution in [2.45, 2.75) is 86.4 Å². The molecule has 0 aliphatic carbocycles. The van der Waals surface area contributed by atoms with Gasteiger partial charge in [0.15, 0.2) is 0 Å². The van der Waals surface area contributed by atoms with Crippen LogP contribution in [-0.2, 0) is 35.0 Å². The van der Waals surface area contributed by atoms with E-state index in [-0.39, 0.29) is 59.4 Å². The van der Waals surface area contributed by atoms with Gasteiger partial charge in [-0.1, -0.05) is 64.3 Å². The Kier molecular flexibility index (Phi) is 43.3. The molecule has 1 aliphatic heterocycles. The van der Waals surface area contributed by atoms with Crippen molar-refractivity contribution in [1.29, 1.82) is 0 Å². The number of esters is 2. The van der Waals surface area contributed by atoms with E-state index in [0.717, 1.165) is 35.1 Å². The Labute approximate surface area is 428 Å². The first-order valence-corrected chi connectivity index (χ1v) is 21.8. The predicted molar refractivity (Wildman–Crippen MR) is 269 cm³/mol. The molecule has 3 aromatic carbocycles. The molecule has 1 N–H and O–H groups in total. The summed E-state index contributed by atoms with van der Waals surface area (Å²) in [6, 6.07) is 23.1.